The normalized spacial score (nSPS) is 20.6. The van der Waals surface area contributed by atoms with Gasteiger partial charge < -0.3 is 0 Å². The van der Waals surface area contributed by atoms with Crippen molar-refractivity contribution in [2.24, 2.45) is 11.8 Å². The lowest BCUT2D eigenvalue weighted by atomic mass is 9.99. The Morgan fingerprint density at radius 2 is 1.94 bits per heavy atom. The minimum Gasteiger partial charge on any atom is -0.277 e. The van der Waals surface area contributed by atoms with Crippen LogP contribution in [0.5, 0.6) is 0 Å². The Morgan fingerprint density at radius 3 is 2.50 bits per heavy atom. The second kappa shape index (κ2) is 6.52. The van der Waals surface area contributed by atoms with E-state index in [2.05, 4.69) is 19.2 Å². The zero-order valence-electron chi connectivity index (χ0n) is 11.4. The molecule has 1 heterocycles. The van der Waals surface area contributed by atoms with Crippen LogP contribution in [0, 0.1) is 11.8 Å². The minimum atomic E-state index is -0.688. The minimum absolute atomic E-state index is 0.339. The quantitative estimate of drug-likeness (QED) is 0.736. The number of hydrogen-bond donors (Lipinski definition) is 1. The van der Waals surface area contributed by atoms with E-state index in [1.165, 1.54) is 4.90 Å². The first-order valence-electron chi connectivity index (χ1n) is 6.63. The molecule has 0 aliphatic carbocycles. The highest BCUT2D eigenvalue weighted by molar-refractivity contribution is 6.16. The third-order valence-electron chi connectivity index (χ3n) is 3.10. The molecule has 1 rings (SSSR count). The summed E-state index contributed by atoms with van der Waals surface area (Å²) < 4.78 is 0. The summed E-state index contributed by atoms with van der Waals surface area (Å²) in [6.45, 7) is 6.51. The molecule has 1 aliphatic rings. The molecule has 0 saturated carbocycles. The molecular formula is C13H22N2O3. The lowest BCUT2D eigenvalue weighted by molar-refractivity contribution is -0.142. The third-order valence-corrected chi connectivity index (χ3v) is 3.10. The van der Waals surface area contributed by atoms with Gasteiger partial charge in [0.25, 0.3) is 0 Å². The highest BCUT2D eigenvalue weighted by Gasteiger charge is 2.39. The van der Waals surface area contributed by atoms with Crippen LogP contribution in [-0.4, -0.2) is 29.3 Å². The number of carbonyl (C=O) groups is 3. The van der Waals surface area contributed by atoms with Crippen molar-refractivity contribution in [2.45, 2.75) is 46.5 Å². The lowest BCUT2D eigenvalue weighted by Crippen LogP contribution is -2.58. The summed E-state index contributed by atoms with van der Waals surface area (Å²) in [5, 5.41) is 2.26. The van der Waals surface area contributed by atoms with Gasteiger partial charge in [-0.15, -0.1) is 0 Å². The van der Waals surface area contributed by atoms with Crippen molar-refractivity contribution in [1.29, 1.82) is 0 Å². The molecule has 0 spiro atoms. The molecule has 5 heteroatoms. The molecule has 5 nitrogen and oxygen atoms in total. The lowest BCUT2D eigenvalue weighted by Gasteiger charge is -2.30. The van der Waals surface area contributed by atoms with Crippen molar-refractivity contribution in [2.75, 3.05) is 6.54 Å². The van der Waals surface area contributed by atoms with Crippen LogP contribution >= 0.6 is 0 Å². The van der Waals surface area contributed by atoms with E-state index >= 15 is 0 Å². The highest BCUT2D eigenvalue weighted by atomic mass is 16.2. The van der Waals surface area contributed by atoms with Crippen molar-refractivity contribution in [3.8, 4) is 0 Å². The van der Waals surface area contributed by atoms with E-state index in [-0.39, 0.29) is 5.91 Å². The zero-order chi connectivity index (χ0) is 13.7. The first-order chi connectivity index (χ1) is 8.47. The highest BCUT2D eigenvalue weighted by Crippen LogP contribution is 2.17. The summed E-state index contributed by atoms with van der Waals surface area (Å²) in [5.74, 6) is -0.936. The number of nitrogens with zero attached hydrogens (tertiary/aromatic N) is 1. The number of rotatable bonds is 6. The van der Waals surface area contributed by atoms with Gasteiger partial charge in [-0.25, -0.2) is 4.79 Å². The fourth-order valence-corrected chi connectivity index (χ4v) is 2.07. The summed E-state index contributed by atoms with van der Waals surface area (Å²) in [5.41, 5.74) is 0. The van der Waals surface area contributed by atoms with Crippen LogP contribution in [-0.2, 0) is 9.59 Å². The molecule has 1 saturated heterocycles. The van der Waals surface area contributed by atoms with Gasteiger partial charge >= 0.3 is 6.03 Å². The summed E-state index contributed by atoms with van der Waals surface area (Å²) in [7, 11) is 0. The number of barbiturate groups is 1. The van der Waals surface area contributed by atoms with Crippen molar-refractivity contribution in [3.05, 3.63) is 0 Å². The number of nitrogens with one attached hydrogen (secondary N) is 1. The molecular weight excluding hydrogens is 232 g/mol. The van der Waals surface area contributed by atoms with E-state index in [0.717, 1.165) is 19.3 Å². The number of hydrogen-bond acceptors (Lipinski definition) is 3. The Balaban J connectivity index is 2.62. The Morgan fingerprint density at radius 1 is 1.28 bits per heavy atom. The van der Waals surface area contributed by atoms with Gasteiger partial charge in [0.2, 0.25) is 11.8 Å². The predicted molar refractivity (Wildman–Crippen MR) is 67.7 cm³/mol. The molecule has 18 heavy (non-hydrogen) atoms. The summed E-state index contributed by atoms with van der Waals surface area (Å²) >= 11 is 0. The number of urea groups is 1. The van der Waals surface area contributed by atoms with Gasteiger partial charge in [-0.3, -0.25) is 19.8 Å². The van der Waals surface area contributed by atoms with Crippen LogP contribution in [0.4, 0.5) is 4.79 Å². The van der Waals surface area contributed by atoms with E-state index in [9.17, 15) is 14.4 Å². The molecule has 0 bridgehead atoms. The van der Waals surface area contributed by atoms with Gasteiger partial charge in [0.1, 0.15) is 5.92 Å². The second-order valence-electron chi connectivity index (χ2n) is 5.16. The van der Waals surface area contributed by atoms with E-state index < -0.39 is 17.9 Å². The Kier molecular flexibility index (Phi) is 5.31. The van der Waals surface area contributed by atoms with Crippen molar-refractivity contribution < 1.29 is 14.4 Å². The van der Waals surface area contributed by atoms with Gasteiger partial charge in [0.15, 0.2) is 0 Å². The monoisotopic (exact) mass is 254 g/mol. The second-order valence-corrected chi connectivity index (χ2v) is 5.16. The van der Waals surface area contributed by atoms with Crippen molar-refractivity contribution >= 4 is 17.8 Å². The van der Waals surface area contributed by atoms with E-state index in [4.69, 9.17) is 0 Å². The summed E-state index contributed by atoms with van der Waals surface area (Å²) in [4.78, 5) is 36.4. The molecule has 0 aromatic rings. The van der Waals surface area contributed by atoms with Crippen LogP contribution in [0.3, 0.4) is 0 Å². The predicted octanol–water partition coefficient (Wildman–Crippen LogP) is 1.92. The molecule has 1 fully saturated rings. The summed E-state index contributed by atoms with van der Waals surface area (Å²) in [6.07, 6.45) is 2.99. The molecule has 4 amide bonds. The fourth-order valence-electron chi connectivity index (χ4n) is 2.07. The Labute approximate surface area is 108 Å². The fraction of sp³-hybridized carbons (Fsp3) is 0.769. The molecule has 1 aliphatic heterocycles. The van der Waals surface area contributed by atoms with Gasteiger partial charge in [0.05, 0.1) is 0 Å². The average molecular weight is 254 g/mol. The third kappa shape index (κ3) is 3.55. The maximum atomic E-state index is 12.1. The maximum absolute atomic E-state index is 12.1. The molecule has 0 aromatic carbocycles. The topological polar surface area (TPSA) is 66.5 Å². The zero-order valence-corrected chi connectivity index (χ0v) is 11.4. The van der Waals surface area contributed by atoms with E-state index in [1.807, 2.05) is 6.92 Å². The van der Waals surface area contributed by atoms with Crippen LogP contribution in [0.15, 0.2) is 0 Å². The van der Waals surface area contributed by atoms with Crippen LogP contribution in [0.25, 0.3) is 0 Å². The van der Waals surface area contributed by atoms with Gasteiger partial charge in [-0.2, -0.15) is 0 Å². The molecule has 1 atom stereocenters. The number of amides is 4. The van der Waals surface area contributed by atoms with Crippen molar-refractivity contribution in [3.63, 3.8) is 0 Å². The smallest absolute Gasteiger partial charge is 0.277 e. The standard InChI is InChI=1S/C13H22N2O3/c1-4-6-10-11(16)14-13(18)15(12(10)17)8-5-7-9(2)3/h9-10H,4-8H2,1-3H3,(H,14,16,18). The van der Waals surface area contributed by atoms with E-state index in [1.54, 1.807) is 0 Å². The SMILES string of the molecule is CCCC1C(=O)NC(=O)N(CCCC(C)C)C1=O. The molecule has 0 radical (unpaired) electrons. The molecule has 1 unspecified atom stereocenters. The Bertz CT molecular complexity index is 339. The molecule has 1 N–H and O–H groups in total. The van der Waals surface area contributed by atoms with Gasteiger partial charge in [-0.05, 0) is 25.2 Å². The average Bonchev–Trinajstić information content (AvgIpc) is 2.28. The first kappa shape index (κ1) is 14.7. The summed E-state index contributed by atoms with van der Waals surface area (Å²) in [6, 6.07) is -0.568. The Hall–Kier alpha value is -1.39. The van der Waals surface area contributed by atoms with Crippen LogP contribution in [0.1, 0.15) is 46.5 Å². The van der Waals surface area contributed by atoms with Gasteiger partial charge in [-0.1, -0.05) is 27.2 Å². The van der Waals surface area contributed by atoms with Crippen LogP contribution in [0.2, 0.25) is 0 Å². The molecule has 0 aromatic heterocycles. The molecule has 102 valence electrons. The first-order valence-corrected chi connectivity index (χ1v) is 6.63. The number of carbonyl (C=O) groups excluding carboxylic acids is 3. The van der Waals surface area contributed by atoms with E-state index in [0.29, 0.717) is 18.9 Å². The largest absolute Gasteiger partial charge is 0.330 e. The number of imide groups is 2. The maximum Gasteiger partial charge on any atom is 0.330 e. The van der Waals surface area contributed by atoms with Gasteiger partial charge in [0, 0.05) is 6.54 Å². The van der Waals surface area contributed by atoms with Crippen LogP contribution < -0.4 is 5.32 Å². The van der Waals surface area contributed by atoms with Crippen molar-refractivity contribution in [1.82, 2.24) is 10.2 Å².